The monoisotopic (exact) mass is 439 g/mol. The fourth-order valence-corrected chi connectivity index (χ4v) is 4.10. The Hall–Kier alpha value is -3.23. The number of nitrogens with one attached hydrogen (secondary N) is 3. The molecule has 0 spiro atoms. The third-order valence-electron chi connectivity index (χ3n) is 4.17. The summed E-state index contributed by atoms with van der Waals surface area (Å²) in [6, 6.07) is 20.2. The summed E-state index contributed by atoms with van der Waals surface area (Å²) in [7, 11) is -3.99. The number of hydrogen-bond donors (Lipinski definition) is 3. The van der Waals surface area contributed by atoms with Crippen LogP contribution in [0, 0.1) is 13.8 Å². The van der Waals surface area contributed by atoms with Crippen LogP contribution in [0.2, 0.25) is 0 Å². The Labute approximate surface area is 181 Å². The van der Waals surface area contributed by atoms with Crippen LogP contribution in [0.1, 0.15) is 21.5 Å². The highest BCUT2D eigenvalue weighted by molar-refractivity contribution is 7.90. The summed E-state index contributed by atoms with van der Waals surface area (Å²) in [6.45, 7) is 4.01. The lowest BCUT2D eigenvalue weighted by Crippen LogP contribution is -2.30. The lowest BCUT2D eigenvalue weighted by Gasteiger charge is -2.12. The second kappa shape index (κ2) is 9.06. The average molecular weight is 440 g/mol. The largest absolute Gasteiger partial charge is 0.332 e. The molecule has 3 rings (SSSR count). The van der Waals surface area contributed by atoms with E-state index in [1.807, 2.05) is 26.0 Å². The van der Waals surface area contributed by atoms with E-state index in [0.717, 1.165) is 16.8 Å². The van der Waals surface area contributed by atoms with Crippen LogP contribution in [0.5, 0.6) is 0 Å². The number of benzene rings is 3. The second-order valence-corrected chi connectivity index (χ2v) is 8.87. The molecular weight excluding hydrogens is 418 g/mol. The first kappa shape index (κ1) is 21.5. The molecule has 0 aromatic heterocycles. The third kappa shape index (κ3) is 5.65. The maximum atomic E-state index is 12.5. The lowest BCUT2D eigenvalue weighted by molar-refractivity contribution is 0.0981. The van der Waals surface area contributed by atoms with Crippen LogP contribution in [0.15, 0.2) is 77.7 Å². The first-order valence-corrected chi connectivity index (χ1v) is 11.0. The van der Waals surface area contributed by atoms with Crippen molar-refractivity contribution in [2.45, 2.75) is 18.7 Å². The van der Waals surface area contributed by atoms with E-state index in [9.17, 15) is 13.2 Å². The van der Waals surface area contributed by atoms with Gasteiger partial charge in [-0.2, -0.15) is 0 Å². The van der Waals surface area contributed by atoms with Crippen molar-refractivity contribution >= 4 is 44.6 Å². The molecule has 3 aromatic carbocycles. The summed E-state index contributed by atoms with van der Waals surface area (Å²) in [5, 5.41) is 6.50. The maximum absolute atomic E-state index is 12.5. The standard InChI is InChI=1S/C22H21N3O3S2/c1-15-12-16(2)14-19(13-15)24-22(29)23-18-8-10-20(11-9-18)30(27,28)25-21(26)17-6-4-3-5-7-17/h3-14H,1-2H3,(H,25,26)(H2,23,24,29). The highest BCUT2D eigenvalue weighted by Crippen LogP contribution is 2.17. The van der Waals surface area contributed by atoms with E-state index >= 15 is 0 Å². The molecule has 0 saturated carbocycles. The molecular formula is C22H21N3O3S2. The van der Waals surface area contributed by atoms with Gasteiger partial charge in [-0.3, -0.25) is 4.79 Å². The molecule has 0 aliphatic heterocycles. The number of amides is 1. The average Bonchev–Trinajstić information content (AvgIpc) is 2.68. The minimum absolute atomic E-state index is 0.0227. The van der Waals surface area contributed by atoms with Crippen molar-refractivity contribution in [3.63, 3.8) is 0 Å². The molecule has 0 bridgehead atoms. The van der Waals surface area contributed by atoms with Crippen LogP contribution in [-0.2, 0) is 10.0 Å². The van der Waals surface area contributed by atoms with E-state index in [2.05, 4.69) is 21.4 Å². The molecule has 0 aliphatic carbocycles. The van der Waals surface area contributed by atoms with Gasteiger partial charge in [-0.05, 0) is 85.7 Å². The zero-order valence-corrected chi connectivity index (χ0v) is 18.1. The first-order valence-electron chi connectivity index (χ1n) is 9.11. The quantitative estimate of drug-likeness (QED) is 0.516. The van der Waals surface area contributed by atoms with E-state index in [1.165, 1.54) is 12.1 Å². The summed E-state index contributed by atoms with van der Waals surface area (Å²) < 4.78 is 27.0. The normalized spacial score (nSPS) is 10.9. The molecule has 0 radical (unpaired) electrons. The van der Waals surface area contributed by atoms with Crippen molar-refractivity contribution in [3.05, 3.63) is 89.5 Å². The number of hydrogen-bond acceptors (Lipinski definition) is 4. The fraction of sp³-hybridized carbons (Fsp3) is 0.0909. The molecule has 0 saturated heterocycles. The van der Waals surface area contributed by atoms with Gasteiger partial charge in [0.15, 0.2) is 5.11 Å². The zero-order valence-electron chi connectivity index (χ0n) is 16.5. The van der Waals surface area contributed by atoms with Crippen LogP contribution in [0.4, 0.5) is 11.4 Å². The summed E-state index contributed by atoms with van der Waals surface area (Å²) in [4.78, 5) is 12.1. The van der Waals surface area contributed by atoms with Crippen molar-refractivity contribution in [3.8, 4) is 0 Å². The van der Waals surface area contributed by atoms with Crippen molar-refractivity contribution in [2.24, 2.45) is 0 Å². The molecule has 0 aliphatic rings. The molecule has 30 heavy (non-hydrogen) atoms. The van der Waals surface area contributed by atoms with Gasteiger partial charge in [0.1, 0.15) is 0 Å². The van der Waals surface area contributed by atoms with Gasteiger partial charge in [0.25, 0.3) is 15.9 Å². The minimum Gasteiger partial charge on any atom is -0.332 e. The Morgan fingerprint density at radius 3 is 1.97 bits per heavy atom. The molecule has 3 aromatic rings. The van der Waals surface area contributed by atoms with Crippen LogP contribution in [-0.4, -0.2) is 19.4 Å². The molecule has 8 heteroatoms. The van der Waals surface area contributed by atoms with Crippen molar-refractivity contribution in [1.82, 2.24) is 4.72 Å². The van der Waals surface area contributed by atoms with Gasteiger partial charge < -0.3 is 10.6 Å². The van der Waals surface area contributed by atoms with E-state index in [-0.39, 0.29) is 10.5 Å². The Balaban J connectivity index is 1.65. The fourth-order valence-electron chi connectivity index (χ4n) is 2.89. The topological polar surface area (TPSA) is 87.3 Å². The summed E-state index contributed by atoms with van der Waals surface area (Å²) in [6.07, 6.45) is 0. The maximum Gasteiger partial charge on any atom is 0.264 e. The van der Waals surface area contributed by atoms with Crippen LogP contribution < -0.4 is 15.4 Å². The molecule has 6 nitrogen and oxygen atoms in total. The predicted molar refractivity (Wildman–Crippen MR) is 123 cm³/mol. The number of anilines is 2. The number of aryl methyl sites for hydroxylation is 2. The van der Waals surface area contributed by atoms with Crippen molar-refractivity contribution in [2.75, 3.05) is 10.6 Å². The van der Waals surface area contributed by atoms with Gasteiger partial charge in [0.05, 0.1) is 4.90 Å². The van der Waals surface area contributed by atoms with Gasteiger partial charge in [-0.15, -0.1) is 0 Å². The highest BCUT2D eigenvalue weighted by atomic mass is 32.2. The molecule has 0 atom stereocenters. The number of carbonyl (C=O) groups is 1. The number of rotatable bonds is 5. The van der Waals surface area contributed by atoms with Crippen molar-refractivity contribution < 1.29 is 13.2 Å². The van der Waals surface area contributed by atoms with Gasteiger partial charge in [-0.1, -0.05) is 24.3 Å². The van der Waals surface area contributed by atoms with Crippen LogP contribution >= 0.6 is 12.2 Å². The lowest BCUT2D eigenvalue weighted by atomic mass is 10.1. The van der Waals surface area contributed by atoms with Gasteiger partial charge >= 0.3 is 0 Å². The molecule has 0 fully saturated rings. The smallest absolute Gasteiger partial charge is 0.264 e. The van der Waals surface area contributed by atoms with Crippen LogP contribution in [0.25, 0.3) is 0 Å². The molecule has 0 unspecified atom stereocenters. The number of sulfonamides is 1. The predicted octanol–water partition coefficient (Wildman–Crippen LogP) is 4.23. The molecule has 0 heterocycles. The second-order valence-electron chi connectivity index (χ2n) is 6.78. The van der Waals surface area contributed by atoms with Gasteiger partial charge in [0, 0.05) is 16.9 Å². The van der Waals surface area contributed by atoms with Crippen LogP contribution in [0.3, 0.4) is 0 Å². The van der Waals surface area contributed by atoms with Gasteiger partial charge in [-0.25, -0.2) is 13.1 Å². The zero-order chi connectivity index (χ0) is 21.7. The highest BCUT2D eigenvalue weighted by Gasteiger charge is 2.18. The SMILES string of the molecule is Cc1cc(C)cc(NC(=S)Nc2ccc(S(=O)(=O)NC(=O)c3ccccc3)cc2)c1. The van der Waals surface area contributed by atoms with Gasteiger partial charge in [0.2, 0.25) is 0 Å². The summed E-state index contributed by atoms with van der Waals surface area (Å²) >= 11 is 5.32. The minimum atomic E-state index is -3.99. The van der Waals surface area contributed by atoms with E-state index < -0.39 is 15.9 Å². The third-order valence-corrected chi connectivity index (χ3v) is 5.72. The first-order chi connectivity index (χ1) is 14.2. The Kier molecular flexibility index (Phi) is 6.49. The summed E-state index contributed by atoms with van der Waals surface area (Å²) in [5.74, 6) is -0.684. The Morgan fingerprint density at radius 1 is 0.800 bits per heavy atom. The molecule has 3 N–H and O–H groups in total. The Morgan fingerprint density at radius 2 is 1.37 bits per heavy atom. The van der Waals surface area contributed by atoms with Crippen molar-refractivity contribution in [1.29, 1.82) is 0 Å². The number of carbonyl (C=O) groups excluding carboxylic acids is 1. The van der Waals surface area contributed by atoms with E-state index in [4.69, 9.17) is 12.2 Å². The van der Waals surface area contributed by atoms with E-state index in [1.54, 1.807) is 42.5 Å². The number of thiocarbonyl (C=S) groups is 1. The molecule has 1 amide bonds. The summed E-state index contributed by atoms with van der Waals surface area (Å²) in [5.41, 5.74) is 3.99. The van der Waals surface area contributed by atoms with E-state index in [0.29, 0.717) is 10.8 Å². The molecule has 154 valence electrons. The Bertz CT molecular complexity index is 1160.